The lowest BCUT2D eigenvalue weighted by Crippen LogP contribution is -2.61. The molecule has 132 valence electrons. The van der Waals surface area contributed by atoms with Crippen molar-refractivity contribution in [2.75, 3.05) is 33.3 Å². The number of carbonyl (C=O) groups excluding carboxylic acids is 2. The normalized spacial score (nSPS) is 18.5. The summed E-state index contributed by atoms with van der Waals surface area (Å²) in [5.74, 6) is 0.596. The zero-order chi connectivity index (χ0) is 17.5. The van der Waals surface area contributed by atoms with Crippen LogP contribution in [0.5, 0.6) is 5.75 Å². The fraction of sp³-hybridized carbons (Fsp3) is 0.556. The smallest absolute Gasteiger partial charge is 0.243 e. The second kappa shape index (κ2) is 8.68. The highest BCUT2D eigenvalue weighted by molar-refractivity contribution is 5.88. The van der Waals surface area contributed by atoms with Crippen molar-refractivity contribution in [1.82, 2.24) is 15.1 Å². The maximum atomic E-state index is 12.5. The molecule has 1 fully saturated rings. The first-order valence-electron chi connectivity index (χ1n) is 8.46. The minimum absolute atomic E-state index is 0.0389. The second-order valence-corrected chi connectivity index (χ2v) is 6.22. The first-order valence-corrected chi connectivity index (χ1v) is 8.46. The summed E-state index contributed by atoms with van der Waals surface area (Å²) in [6.07, 6.45) is 0.268. The molecule has 1 N–H and O–H groups in total. The molecule has 0 aromatic heterocycles. The van der Waals surface area contributed by atoms with E-state index in [0.717, 1.165) is 12.3 Å². The van der Waals surface area contributed by atoms with Crippen LogP contribution in [-0.2, 0) is 9.59 Å². The molecule has 0 aliphatic carbocycles. The Morgan fingerprint density at radius 2 is 1.96 bits per heavy atom. The minimum Gasteiger partial charge on any atom is -0.493 e. The molecule has 24 heavy (non-hydrogen) atoms. The largest absolute Gasteiger partial charge is 0.493 e. The SMILES string of the molecule is CNC(=O)[C@H]1CN(C(C)C)CCN1C(=O)CCOc1ccccc1. The van der Waals surface area contributed by atoms with Gasteiger partial charge in [-0.15, -0.1) is 0 Å². The van der Waals surface area contributed by atoms with Crippen LogP contribution in [0.4, 0.5) is 0 Å². The number of amides is 2. The molecule has 2 rings (SSSR count). The number of rotatable bonds is 6. The summed E-state index contributed by atoms with van der Waals surface area (Å²) in [4.78, 5) is 28.6. The van der Waals surface area contributed by atoms with Gasteiger partial charge in [0.05, 0.1) is 13.0 Å². The summed E-state index contributed by atoms with van der Waals surface area (Å²) in [7, 11) is 1.61. The molecule has 2 amide bonds. The van der Waals surface area contributed by atoms with E-state index in [0.29, 0.717) is 25.7 Å². The Morgan fingerprint density at radius 3 is 2.58 bits per heavy atom. The van der Waals surface area contributed by atoms with Gasteiger partial charge in [0.2, 0.25) is 11.8 Å². The summed E-state index contributed by atoms with van der Waals surface area (Å²) in [5.41, 5.74) is 0. The molecule has 0 bridgehead atoms. The Hall–Kier alpha value is -2.08. The number of piperazine rings is 1. The molecule has 1 heterocycles. The monoisotopic (exact) mass is 333 g/mol. The molecular weight excluding hydrogens is 306 g/mol. The number of carbonyl (C=O) groups is 2. The third-order valence-corrected chi connectivity index (χ3v) is 4.34. The van der Waals surface area contributed by atoms with E-state index in [1.54, 1.807) is 11.9 Å². The Labute approximate surface area is 143 Å². The predicted octanol–water partition coefficient (Wildman–Crippen LogP) is 1.12. The van der Waals surface area contributed by atoms with E-state index in [1.807, 2.05) is 30.3 Å². The van der Waals surface area contributed by atoms with Crippen LogP contribution < -0.4 is 10.1 Å². The van der Waals surface area contributed by atoms with Gasteiger partial charge >= 0.3 is 0 Å². The Kier molecular flexibility index (Phi) is 6.61. The van der Waals surface area contributed by atoms with Crippen molar-refractivity contribution in [3.63, 3.8) is 0 Å². The van der Waals surface area contributed by atoms with Crippen molar-refractivity contribution < 1.29 is 14.3 Å². The standard InChI is InChI=1S/C18H27N3O3/c1-14(2)20-10-11-21(16(13-20)18(23)19-3)17(22)9-12-24-15-7-5-4-6-8-15/h4-8,14,16H,9-13H2,1-3H3,(H,19,23)/t16-/m1/s1. The van der Waals surface area contributed by atoms with Gasteiger partial charge < -0.3 is 15.0 Å². The summed E-state index contributed by atoms with van der Waals surface area (Å²) >= 11 is 0. The van der Waals surface area contributed by atoms with Gasteiger partial charge in [0, 0.05) is 32.7 Å². The van der Waals surface area contributed by atoms with Gasteiger partial charge in [-0.1, -0.05) is 18.2 Å². The van der Waals surface area contributed by atoms with Crippen LogP contribution in [0.1, 0.15) is 20.3 Å². The highest BCUT2D eigenvalue weighted by atomic mass is 16.5. The van der Waals surface area contributed by atoms with Crippen LogP contribution in [0.25, 0.3) is 0 Å². The average molecular weight is 333 g/mol. The highest BCUT2D eigenvalue weighted by Crippen LogP contribution is 2.15. The number of likely N-dealkylation sites (N-methyl/N-ethyl adjacent to an activating group) is 1. The molecule has 1 aromatic rings. The maximum Gasteiger partial charge on any atom is 0.243 e. The number of hydrogen-bond acceptors (Lipinski definition) is 4. The van der Waals surface area contributed by atoms with Crippen LogP contribution in [-0.4, -0.2) is 67.0 Å². The van der Waals surface area contributed by atoms with E-state index in [-0.39, 0.29) is 18.2 Å². The molecule has 1 aliphatic rings. The third kappa shape index (κ3) is 4.71. The zero-order valence-corrected chi connectivity index (χ0v) is 14.7. The van der Waals surface area contributed by atoms with Crippen LogP contribution in [0.2, 0.25) is 0 Å². The molecule has 0 spiro atoms. The van der Waals surface area contributed by atoms with Gasteiger partial charge in [-0.25, -0.2) is 0 Å². The molecule has 1 aliphatic heterocycles. The Morgan fingerprint density at radius 1 is 1.25 bits per heavy atom. The molecule has 6 heteroatoms. The Balaban J connectivity index is 1.92. The first kappa shape index (κ1) is 18.3. The molecule has 0 unspecified atom stereocenters. The average Bonchev–Trinajstić information content (AvgIpc) is 2.61. The van der Waals surface area contributed by atoms with E-state index in [2.05, 4.69) is 24.1 Å². The van der Waals surface area contributed by atoms with Gasteiger partial charge in [-0.05, 0) is 26.0 Å². The summed E-state index contributed by atoms with van der Waals surface area (Å²) in [6.45, 7) is 6.45. The predicted molar refractivity (Wildman–Crippen MR) is 92.8 cm³/mol. The lowest BCUT2D eigenvalue weighted by molar-refractivity contribution is -0.144. The second-order valence-electron chi connectivity index (χ2n) is 6.22. The van der Waals surface area contributed by atoms with Crippen molar-refractivity contribution in [1.29, 1.82) is 0 Å². The van der Waals surface area contributed by atoms with Crippen LogP contribution >= 0.6 is 0 Å². The number of nitrogens with zero attached hydrogens (tertiary/aromatic N) is 2. The van der Waals surface area contributed by atoms with E-state index in [1.165, 1.54) is 0 Å². The van der Waals surface area contributed by atoms with Gasteiger partial charge in [-0.2, -0.15) is 0 Å². The van der Waals surface area contributed by atoms with Crippen molar-refractivity contribution in [2.24, 2.45) is 0 Å². The fourth-order valence-electron chi connectivity index (χ4n) is 2.88. The summed E-state index contributed by atoms with van der Waals surface area (Å²) < 4.78 is 5.59. The summed E-state index contributed by atoms with van der Waals surface area (Å²) in [6, 6.07) is 9.35. The van der Waals surface area contributed by atoms with E-state index in [4.69, 9.17) is 4.74 Å². The number of ether oxygens (including phenoxy) is 1. The summed E-state index contributed by atoms with van der Waals surface area (Å²) in [5, 5.41) is 2.67. The molecular formula is C18H27N3O3. The molecule has 1 saturated heterocycles. The number of hydrogen-bond donors (Lipinski definition) is 1. The van der Waals surface area contributed by atoms with Gasteiger partial charge in [0.1, 0.15) is 11.8 Å². The highest BCUT2D eigenvalue weighted by Gasteiger charge is 2.35. The van der Waals surface area contributed by atoms with E-state index >= 15 is 0 Å². The molecule has 0 radical (unpaired) electrons. The topological polar surface area (TPSA) is 61.9 Å². The molecule has 1 atom stereocenters. The Bertz CT molecular complexity index is 548. The first-order chi connectivity index (χ1) is 11.5. The van der Waals surface area contributed by atoms with Crippen LogP contribution in [0.3, 0.4) is 0 Å². The molecule has 1 aromatic carbocycles. The lowest BCUT2D eigenvalue weighted by atomic mass is 10.1. The van der Waals surface area contributed by atoms with Gasteiger partial charge in [-0.3, -0.25) is 14.5 Å². The lowest BCUT2D eigenvalue weighted by Gasteiger charge is -2.42. The van der Waals surface area contributed by atoms with Gasteiger partial charge in [0.25, 0.3) is 0 Å². The molecule has 6 nitrogen and oxygen atoms in total. The number of para-hydroxylation sites is 1. The number of benzene rings is 1. The van der Waals surface area contributed by atoms with Crippen molar-refractivity contribution in [2.45, 2.75) is 32.4 Å². The molecule has 0 saturated carbocycles. The number of nitrogens with one attached hydrogen (secondary N) is 1. The quantitative estimate of drug-likeness (QED) is 0.847. The third-order valence-electron chi connectivity index (χ3n) is 4.34. The van der Waals surface area contributed by atoms with Gasteiger partial charge in [0.15, 0.2) is 0 Å². The fourth-order valence-corrected chi connectivity index (χ4v) is 2.88. The van der Waals surface area contributed by atoms with Crippen molar-refractivity contribution in [3.05, 3.63) is 30.3 Å². The van der Waals surface area contributed by atoms with E-state index in [9.17, 15) is 9.59 Å². The zero-order valence-electron chi connectivity index (χ0n) is 14.7. The van der Waals surface area contributed by atoms with E-state index < -0.39 is 6.04 Å². The van der Waals surface area contributed by atoms with Crippen LogP contribution in [0.15, 0.2) is 30.3 Å². The maximum absolute atomic E-state index is 12.5. The van der Waals surface area contributed by atoms with Crippen LogP contribution in [0, 0.1) is 0 Å². The van der Waals surface area contributed by atoms with Crippen molar-refractivity contribution in [3.8, 4) is 5.75 Å². The minimum atomic E-state index is -0.435. The van der Waals surface area contributed by atoms with Crippen molar-refractivity contribution >= 4 is 11.8 Å².